The van der Waals surface area contributed by atoms with Crippen LogP contribution in [-0.2, 0) is 6.54 Å². The Morgan fingerprint density at radius 3 is 2.31 bits per heavy atom. The number of piperidine rings is 1. The van der Waals surface area contributed by atoms with Gasteiger partial charge in [-0.05, 0) is 55.7 Å². The molecule has 1 amide bonds. The number of anilines is 1. The third-order valence-corrected chi connectivity index (χ3v) is 6.70. The average molecular weight is 474 g/mol. The predicted octanol–water partition coefficient (Wildman–Crippen LogP) is 4.95. The number of ether oxygens (including phenoxy) is 2. The van der Waals surface area contributed by atoms with Crippen molar-refractivity contribution >= 4 is 11.6 Å². The van der Waals surface area contributed by atoms with Crippen LogP contribution in [-0.4, -0.2) is 39.3 Å². The van der Waals surface area contributed by atoms with Crippen LogP contribution in [0.4, 0.5) is 5.69 Å². The van der Waals surface area contributed by atoms with E-state index in [0.29, 0.717) is 11.6 Å². The standard InChI is InChI=1S/C29H35N3O3/c1-21(22-8-5-4-6-9-22)31-29(33)23-12-14-26(15-13-23)32-18-16-25(17-19-32)30-20-24-10-7-11-27(34-2)28(24)35-3/h4-15,21,25,30H,16-20H2,1-3H3,(H,31,33). The van der Waals surface area contributed by atoms with Gasteiger partial charge in [-0.1, -0.05) is 42.5 Å². The average Bonchev–Trinajstić information content (AvgIpc) is 2.92. The topological polar surface area (TPSA) is 62.8 Å². The number of nitrogens with one attached hydrogen (secondary N) is 2. The smallest absolute Gasteiger partial charge is 0.251 e. The second-order valence-corrected chi connectivity index (χ2v) is 8.95. The van der Waals surface area contributed by atoms with Crippen molar-refractivity contribution in [2.24, 2.45) is 0 Å². The lowest BCUT2D eigenvalue weighted by molar-refractivity contribution is 0.0940. The summed E-state index contributed by atoms with van der Waals surface area (Å²) in [5, 5.41) is 6.76. The van der Waals surface area contributed by atoms with E-state index in [1.165, 1.54) is 0 Å². The highest BCUT2D eigenvalue weighted by Crippen LogP contribution is 2.31. The van der Waals surface area contributed by atoms with Crippen LogP contribution in [0.5, 0.6) is 11.5 Å². The fourth-order valence-corrected chi connectivity index (χ4v) is 4.62. The first-order valence-electron chi connectivity index (χ1n) is 12.2. The van der Waals surface area contributed by atoms with Crippen LogP contribution < -0.4 is 25.0 Å². The number of hydrogen-bond donors (Lipinski definition) is 2. The van der Waals surface area contributed by atoms with E-state index in [2.05, 4.69) is 33.7 Å². The zero-order chi connectivity index (χ0) is 24.6. The van der Waals surface area contributed by atoms with Crippen molar-refractivity contribution in [3.63, 3.8) is 0 Å². The first-order valence-corrected chi connectivity index (χ1v) is 12.2. The number of rotatable bonds is 9. The van der Waals surface area contributed by atoms with Crippen LogP contribution in [0.1, 0.15) is 47.3 Å². The highest BCUT2D eigenvalue weighted by atomic mass is 16.5. The van der Waals surface area contributed by atoms with Crippen molar-refractivity contribution in [1.29, 1.82) is 0 Å². The lowest BCUT2D eigenvalue weighted by Crippen LogP contribution is -2.42. The van der Waals surface area contributed by atoms with Crippen LogP contribution >= 0.6 is 0 Å². The summed E-state index contributed by atoms with van der Waals surface area (Å²) in [6, 6.07) is 24.3. The Kier molecular flexibility index (Phi) is 8.27. The maximum Gasteiger partial charge on any atom is 0.251 e. The van der Waals surface area contributed by atoms with Crippen molar-refractivity contribution < 1.29 is 14.3 Å². The molecule has 0 spiro atoms. The van der Waals surface area contributed by atoms with Gasteiger partial charge >= 0.3 is 0 Å². The number of nitrogens with zero attached hydrogens (tertiary/aromatic N) is 1. The molecule has 1 aliphatic rings. The molecule has 0 radical (unpaired) electrons. The molecule has 6 nitrogen and oxygen atoms in total. The molecule has 1 atom stereocenters. The molecule has 0 aliphatic carbocycles. The van der Waals surface area contributed by atoms with E-state index in [1.54, 1.807) is 14.2 Å². The number of carbonyl (C=O) groups excluding carboxylic acids is 1. The summed E-state index contributed by atoms with van der Waals surface area (Å²) in [7, 11) is 3.34. The van der Waals surface area contributed by atoms with E-state index < -0.39 is 0 Å². The first-order chi connectivity index (χ1) is 17.1. The van der Waals surface area contributed by atoms with Crippen LogP contribution in [0.3, 0.4) is 0 Å². The normalized spacial score (nSPS) is 14.9. The maximum atomic E-state index is 12.7. The van der Waals surface area contributed by atoms with E-state index in [-0.39, 0.29) is 11.9 Å². The molecular formula is C29H35N3O3. The van der Waals surface area contributed by atoms with Gasteiger partial charge < -0.3 is 25.0 Å². The molecule has 0 saturated carbocycles. The fraction of sp³-hybridized carbons (Fsp3) is 0.345. The monoisotopic (exact) mass is 473 g/mol. The number of para-hydroxylation sites is 1. The molecule has 1 unspecified atom stereocenters. The van der Waals surface area contributed by atoms with Crippen molar-refractivity contribution in [2.75, 3.05) is 32.2 Å². The number of hydrogen-bond acceptors (Lipinski definition) is 5. The van der Waals surface area contributed by atoms with Crippen LogP contribution in [0.25, 0.3) is 0 Å². The van der Waals surface area contributed by atoms with E-state index in [4.69, 9.17) is 9.47 Å². The zero-order valence-corrected chi connectivity index (χ0v) is 20.8. The van der Waals surface area contributed by atoms with Crippen molar-refractivity contribution in [1.82, 2.24) is 10.6 Å². The molecule has 6 heteroatoms. The van der Waals surface area contributed by atoms with Gasteiger partial charge in [0.1, 0.15) is 0 Å². The summed E-state index contributed by atoms with van der Waals surface area (Å²) in [6.45, 7) is 4.70. The van der Waals surface area contributed by atoms with Crippen LogP contribution in [0, 0.1) is 0 Å². The maximum absolute atomic E-state index is 12.7. The highest BCUT2D eigenvalue weighted by molar-refractivity contribution is 5.94. The minimum atomic E-state index is -0.0521. The molecule has 3 aromatic carbocycles. The second-order valence-electron chi connectivity index (χ2n) is 8.95. The van der Waals surface area contributed by atoms with E-state index in [1.807, 2.05) is 61.5 Å². The molecule has 0 aromatic heterocycles. The molecule has 1 fully saturated rings. The van der Waals surface area contributed by atoms with Gasteiger partial charge in [0.15, 0.2) is 11.5 Å². The zero-order valence-electron chi connectivity index (χ0n) is 20.8. The minimum absolute atomic E-state index is 0.0353. The Bertz CT molecular complexity index is 1090. The third kappa shape index (κ3) is 6.14. The lowest BCUT2D eigenvalue weighted by Gasteiger charge is -2.34. The Morgan fingerprint density at radius 1 is 0.943 bits per heavy atom. The first kappa shape index (κ1) is 24.6. The van der Waals surface area contributed by atoms with Gasteiger partial charge in [-0.25, -0.2) is 0 Å². The second kappa shape index (κ2) is 11.8. The highest BCUT2D eigenvalue weighted by Gasteiger charge is 2.20. The molecular weight excluding hydrogens is 438 g/mol. The van der Waals surface area contributed by atoms with Crippen molar-refractivity contribution in [3.05, 3.63) is 89.5 Å². The third-order valence-electron chi connectivity index (χ3n) is 6.70. The summed E-state index contributed by atoms with van der Waals surface area (Å²) in [5.41, 5.74) is 4.04. The molecule has 4 rings (SSSR count). The van der Waals surface area contributed by atoms with Gasteiger partial charge in [-0.2, -0.15) is 0 Å². The Morgan fingerprint density at radius 2 is 1.66 bits per heavy atom. The summed E-state index contributed by atoms with van der Waals surface area (Å²) in [5.74, 6) is 1.50. The quantitative estimate of drug-likeness (QED) is 0.460. The summed E-state index contributed by atoms with van der Waals surface area (Å²) in [4.78, 5) is 15.1. The SMILES string of the molecule is COc1cccc(CNC2CCN(c3ccc(C(=O)NC(C)c4ccccc4)cc3)CC2)c1OC. The molecule has 184 valence electrons. The van der Waals surface area contributed by atoms with Gasteiger partial charge in [-0.3, -0.25) is 4.79 Å². The largest absolute Gasteiger partial charge is 0.493 e. The summed E-state index contributed by atoms with van der Waals surface area (Å²) < 4.78 is 11.0. The molecule has 1 saturated heterocycles. The van der Waals surface area contributed by atoms with E-state index in [0.717, 1.165) is 60.8 Å². The molecule has 3 aromatic rings. The molecule has 1 heterocycles. The van der Waals surface area contributed by atoms with Crippen molar-refractivity contribution in [2.45, 2.75) is 38.4 Å². The molecule has 2 N–H and O–H groups in total. The van der Waals surface area contributed by atoms with E-state index in [9.17, 15) is 4.79 Å². The number of methoxy groups -OCH3 is 2. The number of amides is 1. The fourth-order valence-electron chi connectivity index (χ4n) is 4.62. The molecule has 1 aliphatic heterocycles. The van der Waals surface area contributed by atoms with Crippen LogP contribution in [0.2, 0.25) is 0 Å². The van der Waals surface area contributed by atoms with Crippen molar-refractivity contribution in [3.8, 4) is 11.5 Å². The molecule has 0 bridgehead atoms. The Hall–Kier alpha value is -3.51. The Labute approximate surface area is 208 Å². The molecule has 35 heavy (non-hydrogen) atoms. The number of benzene rings is 3. The Balaban J connectivity index is 1.27. The minimum Gasteiger partial charge on any atom is -0.493 e. The van der Waals surface area contributed by atoms with Gasteiger partial charge in [-0.15, -0.1) is 0 Å². The van der Waals surface area contributed by atoms with Gasteiger partial charge in [0, 0.05) is 42.5 Å². The summed E-state index contributed by atoms with van der Waals surface area (Å²) >= 11 is 0. The van der Waals surface area contributed by atoms with Gasteiger partial charge in [0.2, 0.25) is 0 Å². The van der Waals surface area contributed by atoms with Gasteiger partial charge in [0.25, 0.3) is 5.91 Å². The van der Waals surface area contributed by atoms with E-state index >= 15 is 0 Å². The lowest BCUT2D eigenvalue weighted by atomic mass is 10.0. The number of carbonyl (C=O) groups is 1. The summed E-state index contributed by atoms with van der Waals surface area (Å²) in [6.07, 6.45) is 2.12. The van der Waals surface area contributed by atoms with Crippen LogP contribution in [0.15, 0.2) is 72.8 Å². The predicted molar refractivity (Wildman–Crippen MR) is 140 cm³/mol. The van der Waals surface area contributed by atoms with Gasteiger partial charge in [0.05, 0.1) is 20.3 Å².